The van der Waals surface area contributed by atoms with E-state index in [0.29, 0.717) is 31.2 Å². The maximum absolute atomic E-state index is 12.8. The van der Waals surface area contributed by atoms with Crippen molar-refractivity contribution in [3.8, 4) is 0 Å². The molecule has 1 aliphatic heterocycles. The van der Waals surface area contributed by atoms with Gasteiger partial charge < -0.3 is 24.3 Å². The van der Waals surface area contributed by atoms with E-state index >= 15 is 0 Å². The number of fused-ring (bicyclic) bond motifs is 1. The van der Waals surface area contributed by atoms with Gasteiger partial charge in [0, 0.05) is 42.5 Å². The number of aliphatic hydroxyl groups is 1. The maximum Gasteiger partial charge on any atom is 0.286 e. The third-order valence-electron chi connectivity index (χ3n) is 5.75. The molecule has 0 radical (unpaired) electrons. The summed E-state index contributed by atoms with van der Waals surface area (Å²) in [7, 11) is 0. The van der Waals surface area contributed by atoms with Gasteiger partial charge in [0.25, 0.3) is 5.91 Å². The van der Waals surface area contributed by atoms with Gasteiger partial charge in [-0.2, -0.15) is 0 Å². The molecule has 0 spiro atoms. The fourth-order valence-electron chi connectivity index (χ4n) is 4.02. The molecule has 3 atom stereocenters. The molecule has 2 heterocycles. The van der Waals surface area contributed by atoms with Crippen molar-refractivity contribution in [3.63, 3.8) is 0 Å². The molecule has 0 unspecified atom stereocenters. The van der Waals surface area contributed by atoms with Crippen LogP contribution in [0.3, 0.4) is 0 Å². The molecule has 29 heavy (non-hydrogen) atoms. The Balaban J connectivity index is 1.68. The van der Waals surface area contributed by atoms with Crippen molar-refractivity contribution in [2.45, 2.75) is 44.8 Å². The minimum Gasteiger partial charge on any atom is -0.464 e. The van der Waals surface area contributed by atoms with Crippen LogP contribution in [0.5, 0.6) is 0 Å². The lowest BCUT2D eigenvalue weighted by molar-refractivity contribution is -0.166. The molecule has 1 saturated carbocycles. The van der Waals surface area contributed by atoms with Crippen LogP contribution in [0.1, 0.15) is 44.1 Å². The largest absolute Gasteiger partial charge is 0.464 e. The molecule has 6 heteroatoms. The number of carbonyl (C=O) groups excluding carboxylic acids is 1. The third kappa shape index (κ3) is 4.49. The Bertz CT molecular complexity index is 869. The number of rotatable bonds is 9. The topological polar surface area (TPSA) is 80.9 Å². The summed E-state index contributed by atoms with van der Waals surface area (Å²) in [5.74, 6) is 0.580. The van der Waals surface area contributed by atoms with Crippen LogP contribution in [0.4, 0.5) is 0 Å². The number of ether oxygens (including phenoxy) is 2. The molecule has 156 valence electrons. The van der Waals surface area contributed by atoms with Gasteiger partial charge in [-0.25, -0.2) is 0 Å². The summed E-state index contributed by atoms with van der Waals surface area (Å²) in [6, 6.07) is 7.89. The lowest BCUT2D eigenvalue weighted by Crippen LogP contribution is -2.39. The van der Waals surface area contributed by atoms with Crippen molar-refractivity contribution >= 4 is 16.9 Å². The van der Waals surface area contributed by atoms with Crippen molar-refractivity contribution in [3.05, 3.63) is 47.9 Å². The monoisotopic (exact) mass is 399 g/mol. The minimum absolute atomic E-state index is 0.0249. The molecule has 1 amide bonds. The molecular weight excluding hydrogens is 370 g/mol. The van der Waals surface area contributed by atoms with E-state index in [1.54, 1.807) is 6.26 Å². The number of hydrogen-bond donors (Lipinski definition) is 2. The molecule has 1 fully saturated rings. The molecule has 2 aliphatic rings. The van der Waals surface area contributed by atoms with Crippen LogP contribution in [0, 0.1) is 11.8 Å². The number of para-hydroxylation sites is 1. The van der Waals surface area contributed by atoms with Crippen LogP contribution in [0.25, 0.3) is 11.0 Å². The molecule has 0 saturated heterocycles. The number of carbonyl (C=O) groups is 1. The average Bonchev–Trinajstić information content (AvgIpc) is 3.48. The third-order valence-corrected chi connectivity index (χ3v) is 5.75. The summed E-state index contributed by atoms with van der Waals surface area (Å²) in [5, 5.41) is 13.4. The van der Waals surface area contributed by atoms with E-state index in [1.807, 2.05) is 37.3 Å². The summed E-state index contributed by atoms with van der Waals surface area (Å²) in [4.78, 5) is 12.8. The van der Waals surface area contributed by atoms with Crippen LogP contribution in [0.15, 0.2) is 46.8 Å². The number of aliphatic hydroxyl groups excluding tert-OH is 1. The first-order chi connectivity index (χ1) is 14.2. The Kier molecular flexibility index (Phi) is 6.21. The zero-order chi connectivity index (χ0) is 20.2. The van der Waals surface area contributed by atoms with Crippen LogP contribution in [0.2, 0.25) is 0 Å². The predicted molar refractivity (Wildman–Crippen MR) is 109 cm³/mol. The molecule has 4 rings (SSSR count). The summed E-state index contributed by atoms with van der Waals surface area (Å²) in [5.41, 5.74) is 1.83. The van der Waals surface area contributed by atoms with E-state index in [-0.39, 0.29) is 24.3 Å². The molecule has 0 bridgehead atoms. The Hall–Kier alpha value is -2.31. The van der Waals surface area contributed by atoms with Crippen molar-refractivity contribution in [1.82, 2.24) is 5.32 Å². The number of amides is 1. The molecule has 1 aromatic carbocycles. The highest BCUT2D eigenvalue weighted by atomic mass is 16.7. The van der Waals surface area contributed by atoms with Crippen LogP contribution in [-0.4, -0.2) is 37.1 Å². The maximum atomic E-state index is 12.8. The second-order valence-electron chi connectivity index (χ2n) is 7.87. The minimum atomic E-state index is -0.545. The van der Waals surface area contributed by atoms with Gasteiger partial charge in [-0.1, -0.05) is 18.2 Å². The number of hydrogen-bond acceptors (Lipinski definition) is 5. The Morgan fingerprint density at radius 2 is 2.14 bits per heavy atom. The van der Waals surface area contributed by atoms with Crippen molar-refractivity contribution in [1.29, 1.82) is 0 Å². The number of furan rings is 1. The highest BCUT2D eigenvalue weighted by Crippen LogP contribution is 2.42. The smallest absolute Gasteiger partial charge is 0.286 e. The van der Waals surface area contributed by atoms with Gasteiger partial charge in [0.15, 0.2) is 5.76 Å². The Morgan fingerprint density at radius 3 is 2.90 bits per heavy atom. The second kappa shape index (κ2) is 9.01. The first-order valence-electron chi connectivity index (χ1n) is 10.6. The fraction of sp³-hybridized carbons (Fsp3) is 0.522. The molecular formula is C23H29NO5. The Morgan fingerprint density at radius 1 is 1.31 bits per heavy atom. The molecule has 1 aromatic heterocycles. The predicted octanol–water partition coefficient (Wildman–Crippen LogP) is 3.71. The van der Waals surface area contributed by atoms with E-state index in [1.165, 1.54) is 12.8 Å². The van der Waals surface area contributed by atoms with E-state index in [2.05, 4.69) is 5.32 Å². The van der Waals surface area contributed by atoms with Gasteiger partial charge in [0.2, 0.25) is 6.29 Å². The first-order valence-corrected chi connectivity index (χ1v) is 10.6. The number of nitrogens with one attached hydrogen (secondary N) is 1. The van der Waals surface area contributed by atoms with Crippen molar-refractivity contribution in [2.24, 2.45) is 11.8 Å². The lowest BCUT2D eigenvalue weighted by Gasteiger charge is -2.36. The summed E-state index contributed by atoms with van der Waals surface area (Å²) >= 11 is 0. The SMILES string of the molecule is CCO[C@H]1OC(C(=O)NCC2CC2)=C[C@@H](c2coc3ccccc23)[C@H]1CCCO. The molecule has 2 N–H and O–H groups in total. The lowest BCUT2D eigenvalue weighted by atomic mass is 9.80. The van der Waals surface area contributed by atoms with Gasteiger partial charge in [0.1, 0.15) is 5.58 Å². The van der Waals surface area contributed by atoms with Crippen LogP contribution in [-0.2, 0) is 14.3 Å². The number of benzene rings is 1. The molecule has 6 nitrogen and oxygen atoms in total. The van der Waals surface area contributed by atoms with E-state index < -0.39 is 6.29 Å². The van der Waals surface area contributed by atoms with Gasteiger partial charge >= 0.3 is 0 Å². The molecule has 2 aromatic rings. The van der Waals surface area contributed by atoms with Crippen molar-refractivity contribution < 1.29 is 23.8 Å². The van der Waals surface area contributed by atoms with Gasteiger partial charge in [-0.05, 0) is 50.7 Å². The average molecular weight is 399 g/mol. The standard InChI is InChI=1S/C23H29NO5/c1-2-27-23-17(7-5-11-25)18(19-14-28-20-8-4-3-6-16(19)20)12-21(29-23)22(26)24-13-15-9-10-15/h3-4,6,8,12,14-15,17-18,23,25H,2,5,7,9-11,13H2,1H3,(H,24,26)/t17-,18-,23+/m1/s1. The van der Waals surface area contributed by atoms with E-state index in [0.717, 1.165) is 23.0 Å². The van der Waals surface area contributed by atoms with E-state index in [9.17, 15) is 9.90 Å². The zero-order valence-electron chi connectivity index (χ0n) is 16.8. The van der Waals surface area contributed by atoms with E-state index in [4.69, 9.17) is 13.9 Å². The fourth-order valence-corrected chi connectivity index (χ4v) is 4.02. The highest BCUT2D eigenvalue weighted by Gasteiger charge is 2.39. The van der Waals surface area contributed by atoms with Crippen LogP contribution < -0.4 is 5.32 Å². The Labute approximate surface area is 170 Å². The highest BCUT2D eigenvalue weighted by molar-refractivity contribution is 5.92. The van der Waals surface area contributed by atoms with Gasteiger partial charge in [0.05, 0.1) is 6.26 Å². The van der Waals surface area contributed by atoms with Gasteiger partial charge in [-0.15, -0.1) is 0 Å². The number of allylic oxidation sites excluding steroid dienone is 1. The molecule has 1 aliphatic carbocycles. The summed E-state index contributed by atoms with van der Waals surface area (Å²) < 4.78 is 17.7. The summed E-state index contributed by atoms with van der Waals surface area (Å²) in [6.45, 7) is 3.19. The van der Waals surface area contributed by atoms with Gasteiger partial charge in [-0.3, -0.25) is 4.79 Å². The van der Waals surface area contributed by atoms with Crippen LogP contribution >= 0.6 is 0 Å². The van der Waals surface area contributed by atoms with Crippen molar-refractivity contribution in [2.75, 3.05) is 19.8 Å². The first kappa shape index (κ1) is 20.0. The summed E-state index contributed by atoms with van der Waals surface area (Å²) in [6.07, 6.45) is 6.84. The quantitative estimate of drug-likeness (QED) is 0.672. The zero-order valence-corrected chi connectivity index (χ0v) is 16.8. The normalized spacial score (nSPS) is 24.2. The second-order valence-corrected chi connectivity index (χ2v) is 7.87.